The minimum Gasteiger partial charge on any atom is -0.469 e. The number of rotatable bonds is 7. The van der Waals surface area contributed by atoms with Gasteiger partial charge in [-0.2, -0.15) is 0 Å². The zero-order valence-corrected chi connectivity index (χ0v) is 13.2. The van der Waals surface area contributed by atoms with Gasteiger partial charge in [0.25, 0.3) is 0 Å². The van der Waals surface area contributed by atoms with E-state index in [0.717, 1.165) is 6.42 Å². The molecule has 116 valence electrons. The van der Waals surface area contributed by atoms with Crippen molar-refractivity contribution in [2.75, 3.05) is 13.7 Å². The van der Waals surface area contributed by atoms with E-state index in [1.807, 2.05) is 43.3 Å². The molecule has 0 amide bonds. The van der Waals surface area contributed by atoms with Crippen molar-refractivity contribution in [2.45, 2.75) is 19.4 Å². The van der Waals surface area contributed by atoms with E-state index in [1.54, 1.807) is 0 Å². The molecule has 0 bridgehead atoms. The summed E-state index contributed by atoms with van der Waals surface area (Å²) >= 11 is 0. The van der Waals surface area contributed by atoms with Crippen LogP contribution in [0.1, 0.15) is 30.5 Å². The first-order valence-corrected chi connectivity index (χ1v) is 7.67. The zero-order chi connectivity index (χ0) is 15.8. The molecule has 0 saturated heterocycles. The van der Waals surface area contributed by atoms with Gasteiger partial charge in [0.15, 0.2) is 0 Å². The molecular formula is C19H23NO2. The van der Waals surface area contributed by atoms with Gasteiger partial charge in [-0.25, -0.2) is 0 Å². The average molecular weight is 297 g/mol. The smallest absolute Gasteiger partial charge is 0.309 e. The first kappa shape index (κ1) is 16.2. The van der Waals surface area contributed by atoms with Crippen LogP contribution in [0.3, 0.4) is 0 Å². The van der Waals surface area contributed by atoms with Crippen LogP contribution in [0.5, 0.6) is 0 Å². The molecule has 3 nitrogen and oxygen atoms in total. The second-order valence-electron chi connectivity index (χ2n) is 5.29. The Morgan fingerprint density at radius 3 is 1.91 bits per heavy atom. The molecule has 0 aliphatic rings. The molecule has 0 aliphatic carbocycles. The Morgan fingerprint density at radius 1 is 1.00 bits per heavy atom. The highest BCUT2D eigenvalue weighted by Crippen LogP contribution is 2.22. The van der Waals surface area contributed by atoms with Crippen LogP contribution in [0.25, 0.3) is 0 Å². The third kappa shape index (κ3) is 4.18. The molecule has 1 unspecified atom stereocenters. The molecule has 0 fully saturated rings. The first-order valence-electron chi connectivity index (χ1n) is 7.67. The maximum Gasteiger partial charge on any atom is 0.309 e. The Bertz CT molecular complexity index is 529. The minimum atomic E-state index is -0.158. The fourth-order valence-electron chi connectivity index (χ4n) is 2.54. The van der Waals surface area contributed by atoms with Gasteiger partial charge in [-0.05, 0) is 17.5 Å². The summed E-state index contributed by atoms with van der Waals surface area (Å²) in [5.41, 5.74) is 2.38. The highest BCUT2D eigenvalue weighted by molar-refractivity contribution is 5.72. The van der Waals surface area contributed by atoms with Gasteiger partial charge in [-0.1, -0.05) is 67.6 Å². The van der Waals surface area contributed by atoms with Crippen LogP contribution >= 0.6 is 0 Å². The Morgan fingerprint density at radius 2 is 1.50 bits per heavy atom. The number of hydrogen-bond donors (Lipinski definition) is 1. The summed E-state index contributed by atoms with van der Waals surface area (Å²) < 4.78 is 4.87. The van der Waals surface area contributed by atoms with Crippen LogP contribution in [0.2, 0.25) is 0 Å². The highest BCUT2D eigenvalue weighted by Gasteiger charge is 2.20. The summed E-state index contributed by atoms with van der Waals surface area (Å²) in [6, 6.07) is 20.6. The zero-order valence-electron chi connectivity index (χ0n) is 13.2. The van der Waals surface area contributed by atoms with Crippen molar-refractivity contribution < 1.29 is 9.53 Å². The summed E-state index contributed by atoms with van der Waals surface area (Å²) in [6.45, 7) is 2.60. The second-order valence-corrected chi connectivity index (χ2v) is 5.29. The molecule has 1 atom stereocenters. The summed E-state index contributed by atoms with van der Waals surface area (Å²) in [7, 11) is 1.44. The van der Waals surface area contributed by atoms with Gasteiger partial charge >= 0.3 is 5.97 Å². The van der Waals surface area contributed by atoms with Gasteiger partial charge in [-0.3, -0.25) is 4.79 Å². The Kier molecular flexibility index (Phi) is 6.16. The molecule has 0 spiro atoms. The van der Waals surface area contributed by atoms with Crippen molar-refractivity contribution in [3.8, 4) is 0 Å². The number of benzene rings is 2. The van der Waals surface area contributed by atoms with Crippen molar-refractivity contribution >= 4 is 5.97 Å². The lowest BCUT2D eigenvalue weighted by atomic mass is 9.97. The van der Waals surface area contributed by atoms with Gasteiger partial charge in [0, 0.05) is 6.54 Å². The van der Waals surface area contributed by atoms with Gasteiger partial charge in [0.2, 0.25) is 0 Å². The summed E-state index contributed by atoms with van der Waals surface area (Å²) in [5.74, 6) is -0.283. The topological polar surface area (TPSA) is 38.3 Å². The standard InChI is InChI=1S/C19H23NO2/c1-3-15(19(21)22-2)14-20-18(16-10-6-4-7-11-16)17-12-8-5-9-13-17/h4-13,15,18,20H,3,14H2,1-2H3. The summed E-state index contributed by atoms with van der Waals surface area (Å²) in [4.78, 5) is 11.8. The number of carbonyl (C=O) groups is 1. The SMILES string of the molecule is CCC(CNC(c1ccccc1)c1ccccc1)C(=O)OC. The summed E-state index contributed by atoms with van der Waals surface area (Å²) in [6.07, 6.45) is 0.760. The van der Waals surface area contributed by atoms with Crippen molar-refractivity contribution in [2.24, 2.45) is 5.92 Å². The lowest BCUT2D eigenvalue weighted by Gasteiger charge is -2.22. The normalized spacial score (nSPS) is 12.1. The second kappa shape index (κ2) is 8.35. The van der Waals surface area contributed by atoms with Crippen molar-refractivity contribution in [1.29, 1.82) is 0 Å². The molecule has 22 heavy (non-hydrogen) atoms. The number of esters is 1. The van der Waals surface area contributed by atoms with Crippen molar-refractivity contribution in [3.05, 3.63) is 71.8 Å². The fraction of sp³-hybridized carbons (Fsp3) is 0.316. The number of hydrogen-bond acceptors (Lipinski definition) is 3. The van der Waals surface area contributed by atoms with E-state index in [-0.39, 0.29) is 17.9 Å². The predicted molar refractivity (Wildman–Crippen MR) is 88.5 cm³/mol. The molecule has 0 saturated carbocycles. The van der Waals surface area contributed by atoms with Gasteiger partial charge in [0.05, 0.1) is 19.1 Å². The van der Waals surface area contributed by atoms with Crippen LogP contribution < -0.4 is 5.32 Å². The lowest BCUT2D eigenvalue weighted by molar-refractivity contribution is -0.145. The van der Waals surface area contributed by atoms with Crippen LogP contribution in [0, 0.1) is 5.92 Å². The monoisotopic (exact) mass is 297 g/mol. The molecule has 2 aromatic rings. The summed E-state index contributed by atoms with van der Waals surface area (Å²) in [5, 5.41) is 3.52. The quantitative estimate of drug-likeness (QED) is 0.794. The Hall–Kier alpha value is -2.13. The van der Waals surface area contributed by atoms with E-state index >= 15 is 0 Å². The van der Waals surface area contributed by atoms with E-state index in [2.05, 4.69) is 29.6 Å². The largest absolute Gasteiger partial charge is 0.469 e. The van der Waals surface area contributed by atoms with E-state index in [1.165, 1.54) is 18.2 Å². The Balaban J connectivity index is 2.17. The number of ether oxygens (including phenoxy) is 1. The highest BCUT2D eigenvalue weighted by atomic mass is 16.5. The van der Waals surface area contributed by atoms with Gasteiger partial charge in [0.1, 0.15) is 0 Å². The van der Waals surface area contributed by atoms with Crippen molar-refractivity contribution in [3.63, 3.8) is 0 Å². The molecule has 3 heteroatoms. The molecule has 0 aromatic heterocycles. The van der Waals surface area contributed by atoms with Gasteiger partial charge in [-0.15, -0.1) is 0 Å². The minimum absolute atomic E-state index is 0.0705. The van der Waals surface area contributed by atoms with E-state index < -0.39 is 0 Å². The maximum atomic E-state index is 11.8. The van der Waals surface area contributed by atoms with Crippen LogP contribution in [-0.4, -0.2) is 19.6 Å². The third-order valence-corrected chi connectivity index (χ3v) is 3.86. The van der Waals surface area contributed by atoms with Crippen LogP contribution in [-0.2, 0) is 9.53 Å². The number of carbonyl (C=O) groups excluding carboxylic acids is 1. The lowest BCUT2D eigenvalue weighted by Crippen LogP contribution is -2.32. The van der Waals surface area contributed by atoms with Crippen LogP contribution in [0.4, 0.5) is 0 Å². The third-order valence-electron chi connectivity index (χ3n) is 3.86. The number of nitrogens with one attached hydrogen (secondary N) is 1. The van der Waals surface area contributed by atoms with E-state index in [9.17, 15) is 4.79 Å². The molecule has 2 aromatic carbocycles. The molecule has 0 aliphatic heterocycles. The van der Waals surface area contributed by atoms with Gasteiger partial charge < -0.3 is 10.1 Å². The molecule has 1 N–H and O–H groups in total. The molecule has 0 heterocycles. The predicted octanol–water partition coefficient (Wildman–Crippen LogP) is 3.56. The molecular weight excluding hydrogens is 274 g/mol. The fourth-order valence-corrected chi connectivity index (χ4v) is 2.54. The first-order chi connectivity index (χ1) is 10.8. The van der Waals surface area contributed by atoms with E-state index in [0.29, 0.717) is 6.54 Å². The molecule has 0 radical (unpaired) electrons. The van der Waals surface area contributed by atoms with Crippen molar-refractivity contribution in [1.82, 2.24) is 5.32 Å². The average Bonchev–Trinajstić information content (AvgIpc) is 2.60. The maximum absolute atomic E-state index is 11.8. The Labute approximate surface area is 132 Å². The van der Waals surface area contributed by atoms with E-state index in [4.69, 9.17) is 4.74 Å². The van der Waals surface area contributed by atoms with Crippen LogP contribution in [0.15, 0.2) is 60.7 Å². The number of methoxy groups -OCH3 is 1. The molecule has 2 rings (SSSR count).